The van der Waals surface area contributed by atoms with E-state index in [1.54, 1.807) is 48.5 Å². The second-order valence-electron chi connectivity index (χ2n) is 10.2. The quantitative estimate of drug-likeness (QED) is 0.306. The van der Waals surface area contributed by atoms with Crippen LogP contribution in [0.2, 0.25) is 0 Å². The third-order valence-electron chi connectivity index (χ3n) is 6.16. The van der Waals surface area contributed by atoms with Crippen molar-refractivity contribution < 1.29 is 27.8 Å². The van der Waals surface area contributed by atoms with Gasteiger partial charge < -0.3 is 14.6 Å². The highest BCUT2D eigenvalue weighted by atomic mass is 32.2. The average Bonchev–Trinajstić information content (AvgIpc) is 3.01. The van der Waals surface area contributed by atoms with E-state index >= 15 is 0 Å². The standard InChI is InChI=1S/C29H33NO6S/c1-29(2,3)36-28(32)19-35-27-10-6-9-26(24-7-4-5-8-25(24)27)30-37(33,34)23-17-13-21(14-18-23)20-11-15-22(31)16-12-20/h4-5,7-8,11-18,26-27,30-31H,6,9-10,19H2,1-3H3. The van der Waals surface area contributed by atoms with E-state index in [0.29, 0.717) is 12.8 Å². The van der Waals surface area contributed by atoms with Crippen molar-refractivity contribution in [1.29, 1.82) is 0 Å². The van der Waals surface area contributed by atoms with Gasteiger partial charge in [0.2, 0.25) is 10.0 Å². The maximum Gasteiger partial charge on any atom is 0.332 e. The van der Waals surface area contributed by atoms with Gasteiger partial charge in [0.1, 0.15) is 18.0 Å². The van der Waals surface area contributed by atoms with Crippen molar-refractivity contribution in [3.05, 3.63) is 83.9 Å². The number of nitrogens with one attached hydrogen (secondary N) is 1. The van der Waals surface area contributed by atoms with Gasteiger partial charge in [0, 0.05) is 6.04 Å². The fraction of sp³-hybridized carbons (Fsp3) is 0.345. The summed E-state index contributed by atoms with van der Waals surface area (Å²) in [4.78, 5) is 12.4. The van der Waals surface area contributed by atoms with Crippen LogP contribution >= 0.6 is 0 Å². The molecule has 0 radical (unpaired) electrons. The number of aromatic hydroxyl groups is 1. The molecule has 0 bridgehead atoms. The van der Waals surface area contributed by atoms with Gasteiger partial charge in [-0.3, -0.25) is 0 Å². The molecule has 1 aliphatic carbocycles. The number of carbonyl (C=O) groups excluding carboxylic acids is 1. The minimum atomic E-state index is -3.79. The van der Waals surface area contributed by atoms with E-state index in [1.165, 1.54) is 0 Å². The van der Waals surface area contributed by atoms with Crippen LogP contribution in [0.1, 0.15) is 63.3 Å². The van der Waals surface area contributed by atoms with Crippen molar-refractivity contribution in [2.45, 2.75) is 62.7 Å². The number of benzene rings is 3. The van der Waals surface area contributed by atoms with Gasteiger partial charge in [-0.2, -0.15) is 0 Å². The Morgan fingerprint density at radius 2 is 1.51 bits per heavy atom. The first-order chi connectivity index (χ1) is 17.5. The van der Waals surface area contributed by atoms with Crippen molar-refractivity contribution in [2.24, 2.45) is 0 Å². The number of rotatable bonds is 7. The lowest BCUT2D eigenvalue weighted by atomic mass is 9.98. The predicted octanol–water partition coefficient (Wildman–Crippen LogP) is 5.66. The Kier molecular flexibility index (Phi) is 8.02. The molecule has 0 aromatic heterocycles. The maximum atomic E-state index is 13.3. The minimum Gasteiger partial charge on any atom is -0.508 e. The molecular formula is C29H33NO6S. The van der Waals surface area contributed by atoms with Crippen LogP contribution in [-0.4, -0.2) is 31.7 Å². The van der Waals surface area contributed by atoms with Gasteiger partial charge in [0.15, 0.2) is 0 Å². The number of carbonyl (C=O) groups is 1. The van der Waals surface area contributed by atoms with Gasteiger partial charge in [-0.15, -0.1) is 0 Å². The van der Waals surface area contributed by atoms with Crippen molar-refractivity contribution in [3.63, 3.8) is 0 Å². The number of phenols is 1. The lowest BCUT2D eigenvalue weighted by Gasteiger charge is -2.23. The first kappa shape index (κ1) is 26.9. The van der Waals surface area contributed by atoms with Crippen molar-refractivity contribution in [3.8, 4) is 16.9 Å². The van der Waals surface area contributed by atoms with Crippen LogP contribution in [0.4, 0.5) is 0 Å². The average molecular weight is 524 g/mol. The van der Waals surface area contributed by atoms with Gasteiger partial charge >= 0.3 is 5.97 Å². The Balaban J connectivity index is 1.50. The second-order valence-corrected chi connectivity index (χ2v) is 11.9. The van der Waals surface area contributed by atoms with Gasteiger partial charge in [-0.25, -0.2) is 17.9 Å². The predicted molar refractivity (Wildman–Crippen MR) is 141 cm³/mol. The topological polar surface area (TPSA) is 102 Å². The molecule has 0 heterocycles. The highest BCUT2D eigenvalue weighted by Gasteiger charge is 2.29. The molecule has 0 saturated carbocycles. The SMILES string of the molecule is CC(C)(C)OC(=O)COC1CCCC(NS(=O)(=O)c2ccc(-c3ccc(O)cc3)cc2)c2ccccc21. The maximum absolute atomic E-state index is 13.3. The summed E-state index contributed by atoms with van der Waals surface area (Å²) >= 11 is 0. The first-order valence-corrected chi connectivity index (χ1v) is 13.8. The molecule has 3 aromatic rings. The van der Waals surface area contributed by atoms with Crippen LogP contribution in [0.5, 0.6) is 5.75 Å². The number of fused-ring (bicyclic) bond motifs is 1. The van der Waals surface area contributed by atoms with Crippen LogP contribution in [0.15, 0.2) is 77.7 Å². The summed E-state index contributed by atoms with van der Waals surface area (Å²) < 4.78 is 40.8. The molecule has 7 nitrogen and oxygen atoms in total. The van der Waals surface area contributed by atoms with Crippen molar-refractivity contribution in [1.82, 2.24) is 4.72 Å². The number of hydrogen-bond acceptors (Lipinski definition) is 6. The molecule has 0 amide bonds. The molecule has 2 atom stereocenters. The lowest BCUT2D eigenvalue weighted by Crippen LogP contribution is -2.29. The largest absolute Gasteiger partial charge is 0.508 e. The minimum absolute atomic E-state index is 0.167. The van der Waals surface area contributed by atoms with E-state index in [4.69, 9.17) is 9.47 Å². The van der Waals surface area contributed by atoms with Crippen molar-refractivity contribution >= 4 is 16.0 Å². The molecule has 8 heteroatoms. The van der Waals surface area contributed by atoms with E-state index < -0.39 is 27.6 Å². The molecule has 4 rings (SSSR count). The fourth-order valence-corrected chi connectivity index (χ4v) is 5.76. The van der Waals surface area contributed by atoms with Crippen LogP contribution in [0.25, 0.3) is 11.1 Å². The lowest BCUT2D eigenvalue weighted by molar-refractivity contribution is -0.162. The normalized spacial score (nSPS) is 18.0. The van der Waals surface area contributed by atoms with E-state index in [1.807, 2.05) is 45.0 Å². The van der Waals surface area contributed by atoms with Gasteiger partial charge in [0.05, 0.1) is 11.0 Å². The number of hydrogen-bond donors (Lipinski definition) is 2. The smallest absolute Gasteiger partial charge is 0.332 e. The third-order valence-corrected chi connectivity index (χ3v) is 7.65. The highest BCUT2D eigenvalue weighted by molar-refractivity contribution is 7.89. The van der Waals surface area contributed by atoms with Crippen LogP contribution in [0.3, 0.4) is 0 Å². The first-order valence-electron chi connectivity index (χ1n) is 12.4. The van der Waals surface area contributed by atoms with Crippen LogP contribution < -0.4 is 4.72 Å². The summed E-state index contributed by atoms with van der Waals surface area (Å²) in [5, 5.41) is 9.49. The number of phenolic OH excluding ortho intramolecular Hbond substituents is 1. The molecule has 0 spiro atoms. The molecule has 0 aliphatic heterocycles. The monoisotopic (exact) mass is 523 g/mol. The van der Waals surface area contributed by atoms with E-state index in [9.17, 15) is 18.3 Å². The molecule has 2 N–H and O–H groups in total. The molecule has 2 unspecified atom stereocenters. The van der Waals surface area contributed by atoms with E-state index in [-0.39, 0.29) is 23.4 Å². The van der Waals surface area contributed by atoms with E-state index in [0.717, 1.165) is 28.7 Å². The Labute approximate surface area is 218 Å². The van der Waals surface area contributed by atoms with Gasteiger partial charge in [-0.1, -0.05) is 48.5 Å². The molecular weight excluding hydrogens is 490 g/mol. The summed E-state index contributed by atoms with van der Waals surface area (Å²) in [7, 11) is -3.79. The Hall–Kier alpha value is -3.20. The number of ether oxygens (including phenoxy) is 2. The molecule has 0 saturated heterocycles. The summed E-state index contributed by atoms with van der Waals surface area (Å²) in [6.07, 6.45) is 1.66. The van der Waals surface area contributed by atoms with Gasteiger partial charge in [-0.05, 0) is 86.6 Å². The molecule has 0 fully saturated rings. The van der Waals surface area contributed by atoms with Gasteiger partial charge in [0.25, 0.3) is 0 Å². The molecule has 3 aromatic carbocycles. The summed E-state index contributed by atoms with van der Waals surface area (Å²) in [5.74, 6) is -0.254. The fourth-order valence-electron chi connectivity index (χ4n) is 4.51. The third kappa shape index (κ3) is 6.97. The second kappa shape index (κ2) is 11.0. The number of sulfonamides is 1. The summed E-state index contributed by atoms with van der Waals surface area (Å²) in [6, 6.07) is 20.6. The zero-order valence-corrected chi connectivity index (χ0v) is 22.1. The van der Waals surface area contributed by atoms with E-state index in [2.05, 4.69) is 4.72 Å². The summed E-state index contributed by atoms with van der Waals surface area (Å²) in [6.45, 7) is 5.26. The molecule has 196 valence electrons. The van der Waals surface area contributed by atoms with Crippen molar-refractivity contribution in [2.75, 3.05) is 6.61 Å². The summed E-state index contributed by atoms with van der Waals surface area (Å²) in [5.41, 5.74) is 2.86. The highest BCUT2D eigenvalue weighted by Crippen LogP contribution is 2.37. The zero-order chi connectivity index (χ0) is 26.6. The Morgan fingerprint density at radius 1 is 0.919 bits per heavy atom. The molecule has 1 aliphatic rings. The zero-order valence-electron chi connectivity index (χ0n) is 21.3. The Morgan fingerprint density at radius 3 is 2.14 bits per heavy atom. The Bertz CT molecular complexity index is 1330. The number of esters is 1. The molecule has 37 heavy (non-hydrogen) atoms. The van der Waals surface area contributed by atoms with Crippen LogP contribution in [-0.2, 0) is 24.3 Å². The van der Waals surface area contributed by atoms with Crippen LogP contribution in [0, 0.1) is 0 Å².